The zero-order chi connectivity index (χ0) is 15.7. The highest BCUT2D eigenvalue weighted by molar-refractivity contribution is 8.01. The lowest BCUT2D eigenvalue weighted by atomic mass is 10.3. The van der Waals surface area contributed by atoms with Gasteiger partial charge in [0.25, 0.3) is 0 Å². The van der Waals surface area contributed by atoms with Crippen LogP contribution in [0.1, 0.15) is 12.2 Å². The van der Waals surface area contributed by atoms with Crippen molar-refractivity contribution in [2.45, 2.75) is 17.3 Å². The Labute approximate surface area is 143 Å². The number of ether oxygens (including phenoxy) is 1. The minimum absolute atomic E-state index is 0.622. The van der Waals surface area contributed by atoms with Crippen LogP contribution >= 0.6 is 23.1 Å². The molecule has 2 aromatic heterocycles. The number of furan rings is 1. The van der Waals surface area contributed by atoms with E-state index in [9.17, 15) is 0 Å². The highest BCUT2D eigenvalue weighted by Gasteiger charge is 2.05. The van der Waals surface area contributed by atoms with E-state index in [-0.39, 0.29) is 0 Å². The van der Waals surface area contributed by atoms with E-state index in [1.165, 1.54) is 0 Å². The number of benzene rings is 1. The van der Waals surface area contributed by atoms with Gasteiger partial charge in [0.1, 0.15) is 11.5 Å². The summed E-state index contributed by atoms with van der Waals surface area (Å²) in [7, 11) is 0. The fourth-order valence-electron chi connectivity index (χ4n) is 1.84. The highest BCUT2D eigenvalue weighted by atomic mass is 32.2. The average Bonchev–Trinajstić information content (AvgIpc) is 3.25. The molecule has 0 atom stereocenters. The van der Waals surface area contributed by atoms with Gasteiger partial charge in [0, 0.05) is 5.75 Å². The number of nitrogens with one attached hydrogen (secondary N) is 1. The molecule has 0 saturated heterocycles. The van der Waals surface area contributed by atoms with Crippen LogP contribution in [0.15, 0.2) is 57.5 Å². The van der Waals surface area contributed by atoms with Gasteiger partial charge in [-0.15, -0.1) is 10.2 Å². The number of nitrogens with zero attached hydrogens (tertiary/aromatic N) is 2. The lowest BCUT2D eigenvalue weighted by Crippen LogP contribution is -1.98. The molecule has 0 saturated carbocycles. The van der Waals surface area contributed by atoms with E-state index in [0.717, 1.165) is 33.2 Å². The van der Waals surface area contributed by atoms with Gasteiger partial charge in [-0.1, -0.05) is 41.3 Å². The maximum atomic E-state index is 5.66. The molecule has 120 valence electrons. The molecule has 3 aromatic rings. The van der Waals surface area contributed by atoms with Gasteiger partial charge in [0.2, 0.25) is 5.13 Å². The monoisotopic (exact) mass is 347 g/mol. The first kappa shape index (κ1) is 15.9. The summed E-state index contributed by atoms with van der Waals surface area (Å²) in [5.74, 6) is 2.75. The Hall–Kier alpha value is -1.99. The molecule has 0 bridgehead atoms. The van der Waals surface area contributed by atoms with E-state index < -0.39 is 0 Å². The molecule has 2 heterocycles. The van der Waals surface area contributed by atoms with Crippen LogP contribution in [0, 0.1) is 0 Å². The summed E-state index contributed by atoms with van der Waals surface area (Å²) >= 11 is 3.26. The Morgan fingerprint density at radius 1 is 1.13 bits per heavy atom. The van der Waals surface area contributed by atoms with Gasteiger partial charge >= 0.3 is 0 Å². The van der Waals surface area contributed by atoms with E-state index in [2.05, 4.69) is 15.5 Å². The van der Waals surface area contributed by atoms with Crippen LogP contribution in [0.25, 0.3) is 0 Å². The summed E-state index contributed by atoms with van der Waals surface area (Å²) in [5.41, 5.74) is 0. The molecule has 5 nitrogen and oxygen atoms in total. The molecule has 3 rings (SSSR count). The predicted octanol–water partition coefficient (Wildman–Crippen LogP) is 4.30. The summed E-state index contributed by atoms with van der Waals surface area (Å²) < 4.78 is 11.9. The minimum Gasteiger partial charge on any atom is -0.494 e. The van der Waals surface area contributed by atoms with Crippen LogP contribution < -0.4 is 10.1 Å². The lowest BCUT2D eigenvalue weighted by Gasteiger charge is -2.04. The van der Waals surface area contributed by atoms with Crippen molar-refractivity contribution in [2.24, 2.45) is 0 Å². The number of aromatic nitrogens is 2. The molecule has 0 spiro atoms. The first-order valence-corrected chi connectivity index (χ1v) is 9.11. The zero-order valence-electron chi connectivity index (χ0n) is 12.5. The van der Waals surface area contributed by atoms with Crippen molar-refractivity contribution in [1.29, 1.82) is 0 Å². The normalized spacial score (nSPS) is 10.6. The van der Waals surface area contributed by atoms with Crippen LogP contribution in [0.4, 0.5) is 5.13 Å². The molecule has 0 unspecified atom stereocenters. The van der Waals surface area contributed by atoms with Crippen molar-refractivity contribution in [3.05, 3.63) is 54.5 Å². The van der Waals surface area contributed by atoms with Gasteiger partial charge in [-0.3, -0.25) is 0 Å². The Morgan fingerprint density at radius 2 is 2.04 bits per heavy atom. The molecule has 1 N–H and O–H groups in total. The third-order valence-corrected chi connectivity index (χ3v) is 5.03. The maximum absolute atomic E-state index is 5.66. The number of rotatable bonds is 9. The average molecular weight is 347 g/mol. The van der Waals surface area contributed by atoms with Gasteiger partial charge < -0.3 is 14.5 Å². The fourth-order valence-corrected chi connectivity index (χ4v) is 3.57. The third-order valence-electron chi connectivity index (χ3n) is 2.93. The molecular weight excluding hydrogens is 330 g/mol. The number of hydrogen-bond donors (Lipinski definition) is 1. The van der Waals surface area contributed by atoms with Gasteiger partial charge in [-0.25, -0.2) is 0 Å². The fraction of sp³-hybridized carbons (Fsp3) is 0.250. The van der Waals surface area contributed by atoms with Crippen LogP contribution in [-0.2, 0) is 6.54 Å². The smallest absolute Gasteiger partial charge is 0.206 e. The van der Waals surface area contributed by atoms with E-state index in [0.29, 0.717) is 13.2 Å². The summed E-state index contributed by atoms with van der Waals surface area (Å²) in [6, 6.07) is 13.7. The molecule has 0 amide bonds. The lowest BCUT2D eigenvalue weighted by molar-refractivity contribution is 0.318. The van der Waals surface area contributed by atoms with Crippen molar-refractivity contribution < 1.29 is 9.15 Å². The van der Waals surface area contributed by atoms with E-state index in [4.69, 9.17) is 9.15 Å². The van der Waals surface area contributed by atoms with E-state index >= 15 is 0 Å². The Bertz CT molecular complexity index is 686. The standard InChI is InChI=1S/C16H17N3O2S2/c1-2-6-13(7-3-1)20-10-5-11-22-16-19-18-15(23-16)17-12-14-8-4-9-21-14/h1-4,6-9H,5,10-12H2,(H,17,18). The molecule has 0 aliphatic heterocycles. The van der Waals surface area contributed by atoms with Gasteiger partial charge in [-0.2, -0.15) is 0 Å². The van der Waals surface area contributed by atoms with Crippen LogP contribution in [0.5, 0.6) is 5.75 Å². The van der Waals surface area contributed by atoms with Crippen molar-refractivity contribution in [3.8, 4) is 5.75 Å². The molecule has 23 heavy (non-hydrogen) atoms. The largest absolute Gasteiger partial charge is 0.494 e. The number of hydrogen-bond acceptors (Lipinski definition) is 7. The van der Waals surface area contributed by atoms with Crippen molar-refractivity contribution in [3.63, 3.8) is 0 Å². The molecule has 7 heteroatoms. The van der Waals surface area contributed by atoms with E-state index in [1.807, 2.05) is 42.5 Å². The topological polar surface area (TPSA) is 60.2 Å². The summed E-state index contributed by atoms with van der Waals surface area (Å²) in [4.78, 5) is 0. The summed E-state index contributed by atoms with van der Waals surface area (Å²) in [6.45, 7) is 1.33. The minimum atomic E-state index is 0.622. The maximum Gasteiger partial charge on any atom is 0.206 e. The van der Waals surface area contributed by atoms with Crippen molar-refractivity contribution >= 4 is 28.2 Å². The van der Waals surface area contributed by atoms with Gasteiger partial charge in [0.15, 0.2) is 4.34 Å². The van der Waals surface area contributed by atoms with Crippen LogP contribution in [0.2, 0.25) is 0 Å². The quantitative estimate of drug-likeness (QED) is 0.460. The second kappa shape index (κ2) is 8.59. The molecular formula is C16H17N3O2S2. The first-order chi connectivity index (χ1) is 11.4. The number of para-hydroxylation sites is 1. The van der Waals surface area contributed by atoms with Crippen molar-refractivity contribution in [1.82, 2.24) is 10.2 Å². The first-order valence-electron chi connectivity index (χ1n) is 7.30. The molecule has 0 radical (unpaired) electrons. The Balaban J connectivity index is 1.33. The predicted molar refractivity (Wildman–Crippen MR) is 93.2 cm³/mol. The van der Waals surface area contributed by atoms with Crippen molar-refractivity contribution in [2.75, 3.05) is 17.7 Å². The Kier molecular flexibility index (Phi) is 5.94. The Morgan fingerprint density at radius 3 is 2.87 bits per heavy atom. The third kappa shape index (κ3) is 5.30. The zero-order valence-corrected chi connectivity index (χ0v) is 14.1. The van der Waals surface area contributed by atoms with Crippen LogP contribution in [-0.4, -0.2) is 22.6 Å². The molecule has 0 fully saturated rings. The second-order valence-corrected chi connectivity index (χ2v) is 6.99. The van der Waals surface area contributed by atoms with Gasteiger partial charge in [0.05, 0.1) is 19.4 Å². The number of anilines is 1. The number of thioether (sulfide) groups is 1. The van der Waals surface area contributed by atoms with Crippen LogP contribution in [0.3, 0.4) is 0 Å². The SMILES string of the molecule is c1ccc(OCCCSc2nnc(NCc3ccco3)s2)cc1. The summed E-state index contributed by atoms with van der Waals surface area (Å²) in [6.07, 6.45) is 2.63. The molecule has 0 aliphatic rings. The highest BCUT2D eigenvalue weighted by Crippen LogP contribution is 2.26. The van der Waals surface area contributed by atoms with Gasteiger partial charge in [-0.05, 0) is 30.7 Å². The second-order valence-electron chi connectivity index (χ2n) is 4.67. The summed E-state index contributed by atoms with van der Waals surface area (Å²) in [5, 5.41) is 12.3. The molecule has 0 aliphatic carbocycles. The molecule has 1 aromatic carbocycles. The van der Waals surface area contributed by atoms with E-state index in [1.54, 1.807) is 29.4 Å².